The van der Waals surface area contributed by atoms with Crippen LogP contribution in [0.15, 0.2) is 47.4 Å². The van der Waals surface area contributed by atoms with Gasteiger partial charge in [0.05, 0.1) is 6.20 Å². The summed E-state index contributed by atoms with van der Waals surface area (Å²) in [6, 6.07) is 7.23. The normalized spacial score (nSPS) is 19.9. The SMILES string of the molecule is COC1(c2noc(-c3cccnc3Oc3cccnc3)n2)CCSC1. The fourth-order valence-corrected chi connectivity index (χ4v) is 3.99. The van der Waals surface area contributed by atoms with Crippen molar-refractivity contribution in [3.05, 3.63) is 48.7 Å². The quantitative estimate of drug-likeness (QED) is 0.688. The van der Waals surface area contributed by atoms with E-state index in [1.54, 1.807) is 43.9 Å². The first-order valence-electron chi connectivity index (χ1n) is 7.81. The average Bonchev–Trinajstić information content (AvgIpc) is 3.33. The van der Waals surface area contributed by atoms with E-state index in [1.807, 2.05) is 17.8 Å². The maximum atomic E-state index is 5.81. The van der Waals surface area contributed by atoms with E-state index >= 15 is 0 Å². The number of ether oxygens (including phenoxy) is 2. The summed E-state index contributed by atoms with van der Waals surface area (Å²) in [6.45, 7) is 0. The molecule has 0 saturated carbocycles. The lowest BCUT2D eigenvalue weighted by Crippen LogP contribution is -2.29. The van der Waals surface area contributed by atoms with Gasteiger partial charge in [0, 0.05) is 25.3 Å². The van der Waals surface area contributed by atoms with Crippen LogP contribution in [0.3, 0.4) is 0 Å². The van der Waals surface area contributed by atoms with Crippen molar-refractivity contribution in [3.8, 4) is 23.1 Å². The maximum Gasteiger partial charge on any atom is 0.263 e. The van der Waals surface area contributed by atoms with Crippen molar-refractivity contribution in [2.75, 3.05) is 18.6 Å². The lowest BCUT2D eigenvalue weighted by Gasteiger charge is -2.21. The van der Waals surface area contributed by atoms with Crippen LogP contribution in [0.5, 0.6) is 11.6 Å². The molecule has 0 aliphatic carbocycles. The van der Waals surface area contributed by atoms with Crippen molar-refractivity contribution in [1.29, 1.82) is 0 Å². The van der Waals surface area contributed by atoms with Gasteiger partial charge >= 0.3 is 0 Å². The molecule has 1 fully saturated rings. The lowest BCUT2D eigenvalue weighted by molar-refractivity contribution is -0.000227. The molecule has 1 unspecified atom stereocenters. The summed E-state index contributed by atoms with van der Waals surface area (Å²) in [4.78, 5) is 12.9. The molecule has 3 aromatic rings. The smallest absolute Gasteiger partial charge is 0.263 e. The van der Waals surface area contributed by atoms with E-state index in [4.69, 9.17) is 14.0 Å². The van der Waals surface area contributed by atoms with Crippen molar-refractivity contribution in [2.24, 2.45) is 0 Å². The van der Waals surface area contributed by atoms with Gasteiger partial charge in [-0.1, -0.05) is 5.16 Å². The molecule has 0 bridgehead atoms. The Labute approximate surface area is 148 Å². The largest absolute Gasteiger partial charge is 0.437 e. The molecule has 1 atom stereocenters. The van der Waals surface area contributed by atoms with Crippen LogP contribution in [0.1, 0.15) is 12.2 Å². The number of aromatic nitrogens is 4. The molecule has 8 heteroatoms. The van der Waals surface area contributed by atoms with Crippen LogP contribution in [-0.4, -0.2) is 38.7 Å². The van der Waals surface area contributed by atoms with Crippen LogP contribution in [-0.2, 0) is 10.3 Å². The molecule has 0 amide bonds. The first kappa shape index (κ1) is 16.0. The number of methoxy groups -OCH3 is 1. The van der Waals surface area contributed by atoms with E-state index < -0.39 is 5.60 Å². The first-order valence-corrected chi connectivity index (χ1v) is 8.96. The van der Waals surface area contributed by atoms with E-state index in [2.05, 4.69) is 20.1 Å². The zero-order chi connectivity index (χ0) is 17.1. The van der Waals surface area contributed by atoms with Gasteiger partial charge in [-0.25, -0.2) is 4.98 Å². The van der Waals surface area contributed by atoms with Crippen LogP contribution in [0.2, 0.25) is 0 Å². The van der Waals surface area contributed by atoms with Gasteiger partial charge in [0.25, 0.3) is 5.89 Å². The molecule has 1 aliphatic heterocycles. The first-order chi connectivity index (χ1) is 12.3. The summed E-state index contributed by atoms with van der Waals surface area (Å²) in [7, 11) is 1.68. The summed E-state index contributed by atoms with van der Waals surface area (Å²) >= 11 is 1.82. The zero-order valence-corrected chi connectivity index (χ0v) is 14.4. The van der Waals surface area contributed by atoms with Crippen LogP contribution in [0, 0.1) is 0 Å². The van der Waals surface area contributed by atoms with E-state index in [-0.39, 0.29) is 0 Å². The Balaban J connectivity index is 1.67. The number of thioether (sulfide) groups is 1. The standard InChI is InChI=1S/C17H16N4O3S/c1-22-17(6-9-25-11-17)16-20-15(24-21-16)13-5-3-8-19-14(13)23-12-4-2-7-18-10-12/h2-5,7-8,10H,6,9,11H2,1H3. The summed E-state index contributed by atoms with van der Waals surface area (Å²) in [5.74, 6) is 3.72. The Morgan fingerprint density at radius 3 is 2.92 bits per heavy atom. The predicted molar refractivity (Wildman–Crippen MR) is 92.5 cm³/mol. The molecule has 0 spiro atoms. The van der Waals surface area contributed by atoms with Gasteiger partial charge in [0.15, 0.2) is 0 Å². The monoisotopic (exact) mass is 356 g/mol. The zero-order valence-electron chi connectivity index (χ0n) is 13.6. The van der Waals surface area contributed by atoms with Crippen molar-refractivity contribution in [2.45, 2.75) is 12.0 Å². The number of pyridine rings is 2. The summed E-state index contributed by atoms with van der Waals surface area (Å²) in [6.07, 6.45) is 5.81. The Kier molecular flexibility index (Phi) is 4.37. The van der Waals surface area contributed by atoms with Crippen LogP contribution in [0.4, 0.5) is 0 Å². The van der Waals surface area contributed by atoms with Gasteiger partial charge in [0.1, 0.15) is 16.9 Å². The lowest BCUT2D eigenvalue weighted by atomic mass is 10.0. The third kappa shape index (κ3) is 3.10. The third-order valence-corrected chi connectivity index (χ3v) is 5.22. The highest BCUT2D eigenvalue weighted by Gasteiger charge is 2.41. The Morgan fingerprint density at radius 1 is 1.24 bits per heavy atom. The summed E-state index contributed by atoms with van der Waals surface area (Å²) in [5, 5.41) is 4.15. The number of nitrogens with zero attached hydrogens (tertiary/aromatic N) is 4. The molecule has 4 rings (SSSR count). The average molecular weight is 356 g/mol. The highest BCUT2D eigenvalue weighted by molar-refractivity contribution is 7.99. The van der Waals surface area contributed by atoms with Crippen molar-refractivity contribution >= 4 is 11.8 Å². The molecule has 4 heterocycles. The Hall–Kier alpha value is -2.45. The minimum atomic E-state index is -0.487. The number of hydrogen-bond donors (Lipinski definition) is 0. The molecule has 1 saturated heterocycles. The van der Waals surface area contributed by atoms with Gasteiger partial charge < -0.3 is 14.0 Å². The minimum absolute atomic E-state index is 0.357. The Bertz CT molecular complexity index is 850. The van der Waals surface area contributed by atoms with E-state index in [0.29, 0.717) is 28.9 Å². The summed E-state index contributed by atoms with van der Waals surface area (Å²) < 4.78 is 17.0. The molecule has 0 aromatic carbocycles. The molecule has 0 N–H and O–H groups in total. The fourth-order valence-electron chi connectivity index (χ4n) is 2.65. The third-order valence-electron chi connectivity index (χ3n) is 4.06. The Morgan fingerprint density at radius 2 is 2.16 bits per heavy atom. The molecule has 7 nitrogen and oxygen atoms in total. The van der Waals surface area contributed by atoms with Gasteiger partial charge in [-0.2, -0.15) is 16.7 Å². The number of hydrogen-bond acceptors (Lipinski definition) is 8. The van der Waals surface area contributed by atoms with Crippen LogP contribution >= 0.6 is 11.8 Å². The maximum absolute atomic E-state index is 5.81. The second kappa shape index (κ2) is 6.81. The minimum Gasteiger partial charge on any atom is -0.437 e. The van der Waals surface area contributed by atoms with E-state index in [9.17, 15) is 0 Å². The summed E-state index contributed by atoms with van der Waals surface area (Å²) in [5.41, 5.74) is 0.140. The molecule has 1 aliphatic rings. The topological polar surface area (TPSA) is 83.2 Å². The van der Waals surface area contributed by atoms with E-state index in [0.717, 1.165) is 17.9 Å². The predicted octanol–water partition coefficient (Wildman–Crippen LogP) is 3.30. The molecule has 128 valence electrons. The van der Waals surface area contributed by atoms with Gasteiger partial charge in [-0.3, -0.25) is 4.98 Å². The van der Waals surface area contributed by atoms with E-state index in [1.165, 1.54) is 0 Å². The molecule has 0 radical (unpaired) electrons. The molecular weight excluding hydrogens is 340 g/mol. The highest BCUT2D eigenvalue weighted by Crippen LogP contribution is 2.39. The highest BCUT2D eigenvalue weighted by atomic mass is 32.2. The second-order valence-corrected chi connectivity index (χ2v) is 6.68. The van der Waals surface area contributed by atoms with Crippen molar-refractivity contribution in [1.82, 2.24) is 20.1 Å². The van der Waals surface area contributed by atoms with Gasteiger partial charge in [-0.15, -0.1) is 0 Å². The van der Waals surface area contributed by atoms with Crippen molar-refractivity contribution in [3.63, 3.8) is 0 Å². The fraction of sp³-hybridized carbons (Fsp3) is 0.294. The molecule has 3 aromatic heterocycles. The second-order valence-electron chi connectivity index (χ2n) is 5.57. The number of rotatable bonds is 5. The van der Waals surface area contributed by atoms with Gasteiger partial charge in [0.2, 0.25) is 11.7 Å². The molecule has 25 heavy (non-hydrogen) atoms. The van der Waals surface area contributed by atoms with Crippen LogP contribution in [0.25, 0.3) is 11.5 Å². The molecular formula is C17H16N4O3S. The van der Waals surface area contributed by atoms with Crippen LogP contribution < -0.4 is 4.74 Å². The van der Waals surface area contributed by atoms with Crippen molar-refractivity contribution < 1.29 is 14.0 Å². The van der Waals surface area contributed by atoms with Gasteiger partial charge in [-0.05, 0) is 36.4 Å².